The maximum atomic E-state index is 12.5. The molecule has 0 aliphatic heterocycles. The van der Waals surface area contributed by atoms with Gasteiger partial charge in [0.05, 0.1) is 17.7 Å². The summed E-state index contributed by atoms with van der Waals surface area (Å²) in [6, 6.07) is 5.14. The van der Waals surface area contributed by atoms with Gasteiger partial charge in [0.25, 0.3) is 5.56 Å². The van der Waals surface area contributed by atoms with Crippen molar-refractivity contribution in [1.82, 2.24) is 19.5 Å². The van der Waals surface area contributed by atoms with Gasteiger partial charge in [-0.25, -0.2) is 15.0 Å². The van der Waals surface area contributed by atoms with E-state index in [2.05, 4.69) is 47.6 Å². The quantitative estimate of drug-likeness (QED) is 0.350. The molecule has 0 spiro atoms. The van der Waals surface area contributed by atoms with Gasteiger partial charge < -0.3 is 31.6 Å². The number of anilines is 3. The molecule has 0 atom stereocenters. The third-order valence-electron chi connectivity index (χ3n) is 3.95. The topological polar surface area (TPSA) is 165 Å². The molecule has 3 aromatic heterocycles. The number of allylic oxidation sites excluding steroid dienone is 2. The molecule has 7 N–H and O–H groups in total. The van der Waals surface area contributed by atoms with Gasteiger partial charge in [0, 0.05) is 37.7 Å². The fraction of sp³-hybridized carbons (Fsp3) is 0.304. The molecule has 3 aromatic rings. The lowest BCUT2D eigenvalue weighted by Gasteiger charge is -2.10. The van der Waals surface area contributed by atoms with Crippen LogP contribution in [-0.4, -0.2) is 43.4 Å². The van der Waals surface area contributed by atoms with Gasteiger partial charge in [0.1, 0.15) is 23.8 Å². The highest BCUT2D eigenvalue weighted by atomic mass is 16.3. The van der Waals surface area contributed by atoms with E-state index in [-0.39, 0.29) is 24.5 Å². The average molecular weight is 456 g/mol. The molecule has 0 saturated heterocycles. The number of nitrogen functional groups attached to an aromatic ring is 1. The first-order valence-corrected chi connectivity index (χ1v) is 10.3. The van der Waals surface area contributed by atoms with E-state index < -0.39 is 0 Å². The van der Waals surface area contributed by atoms with Crippen molar-refractivity contribution in [2.75, 3.05) is 24.8 Å². The Balaban J connectivity index is 0.000000820. The summed E-state index contributed by atoms with van der Waals surface area (Å²) in [7, 11) is 1.00. The number of hydrogen-bond donors (Lipinski definition) is 5. The summed E-state index contributed by atoms with van der Waals surface area (Å²) in [4.78, 5) is 25.0. The number of hydrogen-bond acceptors (Lipinski definition) is 9. The van der Waals surface area contributed by atoms with E-state index in [4.69, 9.17) is 21.7 Å². The molecule has 3 rings (SSSR count). The normalized spacial score (nSPS) is 10.7. The highest BCUT2D eigenvalue weighted by Gasteiger charge is 2.10. The number of fused-ring (bicyclic) bond motifs is 1. The molecule has 178 valence electrons. The van der Waals surface area contributed by atoms with Gasteiger partial charge in [-0.3, -0.25) is 4.79 Å². The zero-order valence-electron chi connectivity index (χ0n) is 19.5. The van der Waals surface area contributed by atoms with Crippen molar-refractivity contribution in [3.05, 3.63) is 65.6 Å². The first-order valence-electron chi connectivity index (χ1n) is 10.3. The molecule has 0 unspecified atom stereocenters. The Hall–Kier alpha value is -3.76. The number of nitrogens with two attached hydrogens (primary N) is 2. The summed E-state index contributed by atoms with van der Waals surface area (Å²) in [5.74, 6) is 1.84. The maximum Gasteiger partial charge on any atom is 0.262 e. The van der Waals surface area contributed by atoms with Crippen molar-refractivity contribution in [2.24, 2.45) is 11.7 Å². The number of rotatable bonds is 6. The summed E-state index contributed by atoms with van der Waals surface area (Å²) in [6.45, 7) is 10.2. The standard InChI is InChI=1S/C18H19N7O2.C4H10.CH4O/c1-2-11(9-19)13-8-14(22-10-21-13)23-15-7-12-3-4-25(5-6-26)18(27)16(12)17(20)24-15;1-4(2)3;1-2/h2-4,7-10,26H,1,5-6,19H2,(H3,20,21,22,23,24);4H,1-3H3;2H,1H3/b11-9+;;. The van der Waals surface area contributed by atoms with E-state index >= 15 is 0 Å². The van der Waals surface area contributed by atoms with Crippen LogP contribution in [0, 0.1) is 5.92 Å². The Labute approximate surface area is 193 Å². The Bertz CT molecular complexity index is 1140. The van der Waals surface area contributed by atoms with Gasteiger partial charge in [-0.2, -0.15) is 0 Å². The second kappa shape index (κ2) is 13.6. The second-order valence-corrected chi connectivity index (χ2v) is 7.37. The SMILES string of the molecule is C=C/C(=C\N)c1cc(Nc2cc3ccn(CCO)c(=O)c3c(N)n2)ncn1.CC(C)C.CO. The van der Waals surface area contributed by atoms with E-state index in [1.54, 1.807) is 30.5 Å². The molecular weight excluding hydrogens is 422 g/mol. The molecule has 0 bridgehead atoms. The van der Waals surface area contributed by atoms with Crippen molar-refractivity contribution in [3.8, 4) is 0 Å². The summed E-state index contributed by atoms with van der Waals surface area (Å²) in [5.41, 5.74) is 12.5. The average Bonchev–Trinajstić information content (AvgIpc) is 2.78. The molecule has 0 aliphatic carbocycles. The van der Waals surface area contributed by atoms with E-state index in [0.29, 0.717) is 33.7 Å². The number of pyridine rings is 2. The zero-order chi connectivity index (χ0) is 25.0. The van der Waals surface area contributed by atoms with Gasteiger partial charge in [-0.05, 0) is 23.4 Å². The van der Waals surface area contributed by atoms with Gasteiger partial charge in [-0.15, -0.1) is 0 Å². The lowest BCUT2D eigenvalue weighted by Crippen LogP contribution is -2.22. The summed E-state index contributed by atoms with van der Waals surface area (Å²) >= 11 is 0. The lowest BCUT2D eigenvalue weighted by atomic mass is 10.2. The van der Waals surface area contributed by atoms with Crippen molar-refractivity contribution in [1.29, 1.82) is 0 Å². The van der Waals surface area contributed by atoms with Crippen LogP contribution in [0.25, 0.3) is 16.3 Å². The molecule has 0 saturated carbocycles. The molecular formula is C23H33N7O3. The smallest absolute Gasteiger partial charge is 0.262 e. The number of aliphatic hydroxyl groups excluding tert-OH is 2. The van der Waals surface area contributed by atoms with Crippen LogP contribution >= 0.6 is 0 Å². The summed E-state index contributed by atoms with van der Waals surface area (Å²) < 4.78 is 1.39. The molecule has 10 nitrogen and oxygen atoms in total. The molecule has 3 heterocycles. The minimum Gasteiger partial charge on any atom is -0.404 e. The van der Waals surface area contributed by atoms with Crippen LogP contribution in [0.1, 0.15) is 26.5 Å². The van der Waals surface area contributed by atoms with Gasteiger partial charge in [0.15, 0.2) is 0 Å². The maximum absolute atomic E-state index is 12.5. The summed E-state index contributed by atoms with van der Waals surface area (Å²) in [6.07, 6.45) is 6.00. The Kier molecular flexibility index (Phi) is 11.2. The third kappa shape index (κ3) is 7.70. The van der Waals surface area contributed by atoms with Crippen LogP contribution in [-0.2, 0) is 6.54 Å². The van der Waals surface area contributed by atoms with Gasteiger partial charge in [0.2, 0.25) is 0 Å². The van der Waals surface area contributed by atoms with Crippen LogP contribution in [0.3, 0.4) is 0 Å². The van der Waals surface area contributed by atoms with Crippen LogP contribution in [0.15, 0.2) is 54.4 Å². The number of nitrogens with zero attached hydrogens (tertiary/aromatic N) is 4. The molecule has 0 aliphatic rings. The number of aliphatic hydroxyl groups is 2. The Morgan fingerprint density at radius 2 is 1.91 bits per heavy atom. The van der Waals surface area contributed by atoms with Crippen LogP contribution in [0.2, 0.25) is 0 Å². The molecule has 33 heavy (non-hydrogen) atoms. The van der Waals surface area contributed by atoms with E-state index in [0.717, 1.165) is 13.0 Å². The first kappa shape index (κ1) is 27.3. The zero-order valence-corrected chi connectivity index (χ0v) is 19.5. The molecule has 0 amide bonds. The highest BCUT2D eigenvalue weighted by Crippen LogP contribution is 2.22. The van der Waals surface area contributed by atoms with E-state index in [1.807, 2.05) is 0 Å². The van der Waals surface area contributed by atoms with Gasteiger partial charge in [-0.1, -0.05) is 33.4 Å². The summed E-state index contributed by atoms with van der Waals surface area (Å²) in [5, 5.41) is 20.0. The van der Waals surface area contributed by atoms with E-state index in [1.165, 1.54) is 17.1 Å². The fourth-order valence-corrected chi connectivity index (χ4v) is 2.65. The monoisotopic (exact) mass is 455 g/mol. The molecule has 0 fully saturated rings. The fourth-order valence-electron chi connectivity index (χ4n) is 2.65. The lowest BCUT2D eigenvalue weighted by molar-refractivity contribution is 0.274. The predicted molar refractivity (Wildman–Crippen MR) is 134 cm³/mol. The van der Waals surface area contributed by atoms with Crippen molar-refractivity contribution >= 4 is 33.8 Å². The minimum atomic E-state index is -0.300. The number of nitrogens with one attached hydrogen (secondary N) is 1. The minimum absolute atomic E-state index is 0.0928. The highest BCUT2D eigenvalue weighted by molar-refractivity contribution is 5.92. The number of aromatic nitrogens is 4. The second-order valence-electron chi connectivity index (χ2n) is 7.37. The largest absolute Gasteiger partial charge is 0.404 e. The predicted octanol–water partition coefficient (Wildman–Crippen LogP) is 2.26. The first-order chi connectivity index (χ1) is 15.8. The van der Waals surface area contributed by atoms with Crippen molar-refractivity contribution < 1.29 is 10.2 Å². The van der Waals surface area contributed by atoms with E-state index in [9.17, 15) is 4.79 Å². The molecule has 0 radical (unpaired) electrons. The van der Waals surface area contributed by atoms with Gasteiger partial charge >= 0.3 is 0 Å². The van der Waals surface area contributed by atoms with Crippen LogP contribution in [0.4, 0.5) is 17.5 Å². The Morgan fingerprint density at radius 1 is 1.24 bits per heavy atom. The molecule has 10 heteroatoms. The van der Waals surface area contributed by atoms with Crippen LogP contribution in [0.5, 0.6) is 0 Å². The van der Waals surface area contributed by atoms with Crippen LogP contribution < -0.4 is 22.3 Å². The third-order valence-corrected chi connectivity index (χ3v) is 3.95. The molecule has 0 aromatic carbocycles. The van der Waals surface area contributed by atoms with Crippen molar-refractivity contribution in [2.45, 2.75) is 27.3 Å². The van der Waals surface area contributed by atoms with Crippen molar-refractivity contribution in [3.63, 3.8) is 0 Å². The Morgan fingerprint density at radius 3 is 2.48 bits per heavy atom.